The van der Waals surface area contributed by atoms with E-state index in [1.807, 2.05) is 0 Å². The topological polar surface area (TPSA) is 60.4 Å². The quantitative estimate of drug-likeness (QED) is 0.624. The molecule has 0 N–H and O–H groups in total. The fourth-order valence-corrected chi connectivity index (χ4v) is 2.13. The highest BCUT2D eigenvalue weighted by molar-refractivity contribution is 7.94. The van der Waals surface area contributed by atoms with E-state index in [-0.39, 0.29) is 11.5 Å². The van der Waals surface area contributed by atoms with Crippen LogP contribution in [0.1, 0.15) is 6.92 Å². The third-order valence-corrected chi connectivity index (χ3v) is 3.49. The molecule has 0 unspecified atom stereocenters. The van der Waals surface area contributed by atoms with Gasteiger partial charge in [0.05, 0.1) is 11.5 Å². The number of carbonyl (C=O) groups is 1. The molecule has 1 aromatic rings. The third kappa shape index (κ3) is 4.20. The molecule has 0 aromatic heterocycles. The predicted molar refractivity (Wildman–Crippen MR) is 64.4 cm³/mol. The zero-order valence-electron chi connectivity index (χ0n) is 9.09. The summed E-state index contributed by atoms with van der Waals surface area (Å²) in [4.78, 5) is 11.1. The Morgan fingerprint density at radius 2 is 1.94 bits per heavy atom. The van der Waals surface area contributed by atoms with Crippen LogP contribution in [0.3, 0.4) is 0 Å². The number of hydrogen-bond acceptors (Lipinski definition) is 4. The Labute approximate surface area is 105 Å². The minimum atomic E-state index is -3.63. The molecule has 0 fully saturated rings. The number of carbonyl (C=O) groups excluding carboxylic acids is 1. The third-order valence-electron chi connectivity index (χ3n) is 1.81. The second-order valence-corrected chi connectivity index (χ2v) is 5.32. The van der Waals surface area contributed by atoms with Gasteiger partial charge in [-0.2, -0.15) is 0 Å². The smallest absolute Gasteiger partial charge is 0.331 e. The van der Waals surface area contributed by atoms with Crippen molar-refractivity contribution in [1.82, 2.24) is 0 Å². The molecule has 0 amide bonds. The highest BCUT2D eigenvalue weighted by Gasteiger charge is 2.10. The summed E-state index contributed by atoms with van der Waals surface area (Å²) >= 11 is 5.64. The molecule has 17 heavy (non-hydrogen) atoms. The SMILES string of the molecule is CCOC(=O)/C=C\S(=O)(=O)c1ccc(Cl)cc1. The first-order chi connectivity index (χ1) is 7.95. The lowest BCUT2D eigenvalue weighted by Gasteiger charge is -1.99. The zero-order chi connectivity index (χ0) is 12.9. The van der Waals surface area contributed by atoms with Gasteiger partial charge in [-0.25, -0.2) is 13.2 Å². The largest absolute Gasteiger partial charge is 0.463 e. The highest BCUT2D eigenvalue weighted by atomic mass is 35.5. The van der Waals surface area contributed by atoms with E-state index in [9.17, 15) is 13.2 Å². The summed E-state index contributed by atoms with van der Waals surface area (Å²) in [6.07, 6.45) is 0.882. The summed E-state index contributed by atoms with van der Waals surface area (Å²) in [5, 5.41) is 1.26. The lowest BCUT2D eigenvalue weighted by atomic mass is 10.4. The molecule has 0 heterocycles. The van der Waals surface area contributed by atoms with E-state index in [0.29, 0.717) is 5.02 Å². The predicted octanol–water partition coefficient (Wildman–Crippen LogP) is 2.19. The number of esters is 1. The van der Waals surface area contributed by atoms with Gasteiger partial charge in [-0.1, -0.05) is 11.6 Å². The first-order valence-corrected chi connectivity index (χ1v) is 6.73. The summed E-state index contributed by atoms with van der Waals surface area (Å²) in [6, 6.07) is 5.67. The summed E-state index contributed by atoms with van der Waals surface area (Å²) in [6.45, 7) is 1.84. The van der Waals surface area contributed by atoms with E-state index in [4.69, 9.17) is 11.6 Å². The van der Waals surface area contributed by atoms with Gasteiger partial charge in [-0.05, 0) is 31.2 Å². The number of ether oxygens (including phenoxy) is 1. The van der Waals surface area contributed by atoms with Crippen LogP contribution in [0, 0.1) is 0 Å². The lowest BCUT2D eigenvalue weighted by molar-refractivity contribution is -0.137. The van der Waals surface area contributed by atoms with Gasteiger partial charge in [0.2, 0.25) is 0 Å². The molecule has 0 aliphatic rings. The Balaban J connectivity index is 2.89. The Hall–Kier alpha value is -1.33. The van der Waals surface area contributed by atoms with Crippen molar-refractivity contribution >= 4 is 27.4 Å². The fourth-order valence-electron chi connectivity index (χ4n) is 1.04. The van der Waals surface area contributed by atoms with Crippen molar-refractivity contribution in [3.05, 3.63) is 40.8 Å². The van der Waals surface area contributed by atoms with Crippen molar-refractivity contribution in [3.8, 4) is 0 Å². The van der Waals surface area contributed by atoms with Crippen molar-refractivity contribution in [2.24, 2.45) is 0 Å². The van der Waals surface area contributed by atoms with Gasteiger partial charge in [0, 0.05) is 16.5 Å². The van der Waals surface area contributed by atoms with E-state index in [1.54, 1.807) is 6.92 Å². The maximum atomic E-state index is 11.7. The minimum Gasteiger partial charge on any atom is -0.463 e. The number of rotatable bonds is 4. The van der Waals surface area contributed by atoms with Crippen molar-refractivity contribution in [3.63, 3.8) is 0 Å². The molecule has 4 nitrogen and oxygen atoms in total. The van der Waals surface area contributed by atoms with E-state index < -0.39 is 15.8 Å². The molecular formula is C11H11ClO4S. The monoisotopic (exact) mass is 274 g/mol. The number of hydrogen-bond donors (Lipinski definition) is 0. The van der Waals surface area contributed by atoms with E-state index in [2.05, 4.69) is 4.74 Å². The Kier molecular flexibility index (Phi) is 4.72. The molecule has 0 spiro atoms. The lowest BCUT2D eigenvalue weighted by Crippen LogP contribution is -2.02. The van der Waals surface area contributed by atoms with Crippen molar-refractivity contribution in [2.45, 2.75) is 11.8 Å². The van der Waals surface area contributed by atoms with Gasteiger partial charge in [0.15, 0.2) is 9.84 Å². The van der Waals surface area contributed by atoms with E-state index >= 15 is 0 Å². The Morgan fingerprint density at radius 1 is 1.35 bits per heavy atom. The molecule has 1 rings (SSSR count). The van der Waals surface area contributed by atoms with E-state index in [1.165, 1.54) is 24.3 Å². The molecule has 0 atom stereocenters. The Bertz CT molecular complexity index is 517. The van der Waals surface area contributed by atoms with Crippen LogP contribution in [0.25, 0.3) is 0 Å². The fraction of sp³-hybridized carbons (Fsp3) is 0.182. The molecule has 0 saturated heterocycles. The van der Waals surface area contributed by atoms with Crippen LogP contribution in [-0.2, 0) is 19.4 Å². The minimum absolute atomic E-state index is 0.0717. The van der Waals surface area contributed by atoms with Crippen LogP contribution < -0.4 is 0 Å². The van der Waals surface area contributed by atoms with Crippen molar-refractivity contribution < 1.29 is 17.9 Å². The highest BCUT2D eigenvalue weighted by Crippen LogP contribution is 2.16. The molecule has 0 saturated carbocycles. The molecule has 0 bridgehead atoms. The van der Waals surface area contributed by atoms with Gasteiger partial charge >= 0.3 is 5.97 Å². The number of halogens is 1. The van der Waals surface area contributed by atoms with Crippen molar-refractivity contribution in [2.75, 3.05) is 6.61 Å². The summed E-state index contributed by atoms with van der Waals surface area (Å²) in [7, 11) is -3.63. The van der Waals surface area contributed by atoms with Crippen LogP contribution in [-0.4, -0.2) is 21.0 Å². The van der Waals surface area contributed by atoms with Gasteiger partial charge in [0.25, 0.3) is 0 Å². The summed E-state index contributed by atoms with van der Waals surface area (Å²) in [5.41, 5.74) is 0. The first-order valence-electron chi connectivity index (χ1n) is 4.81. The van der Waals surface area contributed by atoms with Crippen LogP contribution in [0.5, 0.6) is 0 Å². The number of benzene rings is 1. The van der Waals surface area contributed by atoms with Crippen LogP contribution in [0.4, 0.5) is 0 Å². The van der Waals surface area contributed by atoms with E-state index in [0.717, 1.165) is 11.5 Å². The van der Waals surface area contributed by atoms with Crippen LogP contribution in [0.15, 0.2) is 40.6 Å². The first kappa shape index (κ1) is 13.7. The maximum Gasteiger partial charge on any atom is 0.331 e. The molecule has 0 aliphatic heterocycles. The molecule has 6 heteroatoms. The molecule has 0 radical (unpaired) electrons. The second kappa shape index (κ2) is 5.84. The van der Waals surface area contributed by atoms with Gasteiger partial charge < -0.3 is 4.74 Å². The van der Waals surface area contributed by atoms with Gasteiger partial charge in [-0.3, -0.25) is 0 Å². The molecular weight excluding hydrogens is 264 g/mol. The summed E-state index contributed by atoms with van der Waals surface area (Å²) < 4.78 is 28.0. The van der Waals surface area contributed by atoms with Crippen LogP contribution in [0.2, 0.25) is 5.02 Å². The van der Waals surface area contributed by atoms with Gasteiger partial charge in [-0.15, -0.1) is 0 Å². The standard InChI is InChI=1S/C11H11ClO4S/c1-2-16-11(13)7-8-17(14,15)10-5-3-9(12)4-6-10/h3-8H,2H2,1H3/b8-7-. The number of sulfone groups is 1. The Morgan fingerprint density at radius 3 is 2.47 bits per heavy atom. The van der Waals surface area contributed by atoms with Crippen LogP contribution >= 0.6 is 11.6 Å². The second-order valence-electron chi connectivity index (χ2n) is 3.05. The molecule has 0 aliphatic carbocycles. The zero-order valence-corrected chi connectivity index (χ0v) is 10.7. The summed E-state index contributed by atoms with van der Waals surface area (Å²) in [5.74, 6) is -0.690. The van der Waals surface area contributed by atoms with Gasteiger partial charge in [0.1, 0.15) is 0 Å². The average molecular weight is 275 g/mol. The molecule has 1 aromatic carbocycles. The normalized spacial score (nSPS) is 11.6. The average Bonchev–Trinajstić information content (AvgIpc) is 2.28. The molecule has 92 valence electrons. The van der Waals surface area contributed by atoms with Crippen molar-refractivity contribution in [1.29, 1.82) is 0 Å². The maximum absolute atomic E-state index is 11.7.